The fourth-order valence-electron chi connectivity index (χ4n) is 2.41. The number of rotatable bonds is 5. The highest BCUT2D eigenvalue weighted by Crippen LogP contribution is 2.27. The van der Waals surface area contributed by atoms with Gasteiger partial charge in [0.1, 0.15) is 6.10 Å². The van der Waals surface area contributed by atoms with Gasteiger partial charge < -0.3 is 10.2 Å². The fraction of sp³-hybridized carbons (Fsp3) is 0.600. The molecule has 96 valence electrons. The monoisotopic (exact) mass is 236 g/mol. The van der Waals surface area contributed by atoms with Gasteiger partial charge in [0, 0.05) is 0 Å². The minimum absolute atomic E-state index is 0.158. The second-order valence-corrected chi connectivity index (χ2v) is 4.93. The van der Waals surface area contributed by atoms with E-state index in [4.69, 9.17) is 0 Å². The van der Waals surface area contributed by atoms with E-state index in [0.29, 0.717) is 0 Å². The summed E-state index contributed by atoms with van der Waals surface area (Å²) in [6, 6.07) is 5.96. The molecule has 0 heterocycles. The quantitative estimate of drug-likeness (QED) is 0.824. The Balaban J connectivity index is 2.91. The number of hydrogen-bond donors (Lipinski definition) is 2. The average molecular weight is 236 g/mol. The fourth-order valence-corrected chi connectivity index (χ4v) is 2.41. The van der Waals surface area contributed by atoms with Gasteiger partial charge in [0.15, 0.2) is 0 Å². The zero-order valence-electron chi connectivity index (χ0n) is 11.3. The van der Waals surface area contributed by atoms with E-state index in [1.165, 1.54) is 0 Å². The van der Waals surface area contributed by atoms with E-state index in [2.05, 4.69) is 6.07 Å². The lowest BCUT2D eigenvalue weighted by atomic mass is 9.89. The molecule has 0 aliphatic carbocycles. The molecular formula is C15H24O2. The van der Waals surface area contributed by atoms with E-state index in [0.717, 1.165) is 29.5 Å². The molecule has 0 spiro atoms. The number of aliphatic hydroxyl groups excluding tert-OH is 2. The summed E-state index contributed by atoms with van der Waals surface area (Å²) in [5.74, 6) is 0.158. The first-order chi connectivity index (χ1) is 7.99. The molecule has 0 aliphatic rings. The van der Waals surface area contributed by atoms with Gasteiger partial charge in [-0.05, 0) is 25.3 Å². The Bertz CT molecular complexity index is 336. The van der Waals surface area contributed by atoms with Crippen molar-refractivity contribution in [2.45, 2.75) is 52.7 Å². The van der Waals surface area contributed by atoms with Crippen LogP contribution in [0, 0.1) is 19.8 Å². The summed E-state index contributed by atoms with van der Waals surface area (Å²) >= 11 is 0. The van der Waals surface area contributed by atoms with Crippen molar-refractivity contribution in [3.05, 3.63) is 34.9 Å². The molecule has 1 aromatic rings. The normalized spacial score (nSPS) is 15.0. The molecule has 1 aromatic carbocycles. The summed E-state index contributed by atoms with van der Waals surface area (Å²) in [5, 5.41) is 20.4. The molecular weight excluding hydrogens is 212 g/mol. The smallest absolute Gasteiger partial charge is 0.105 e. The van der Waals surface area contributed by atoms with Crippen molar-refractivity contribution in [1.29, 1.82) is 0 Å². The van der Waals surface area contributed by atoms with Crippen molar-refractivity contribution in [1.82, 2.24) is 0 Å². The first-order valence-electron chi connectivity index (χ1n) is 6.43. The van der Waals surface area contributed by atoms with Crippen molar-refractivity contribution in [3.63, 3.8) is 0 Å². The van der Waals surface area contributed by atoms with E-state index < -0.39 is 12.2 Å². The van der Waals surface area contributed by atoms with Gasteiger partial charge in [-0.15, -0.1) is 0 Å². The van der Waals surface area contributed by atoms with Crippen LogP contribution in [0.2, 0.25) is 0 Å². The number of aliphatic hydroxyl groups is 2. The molecule has 2 unspecified atom stereocenters. The van der Waals surface area contributed by atoms with Crippen LogP contribution in [0.5, 0.6) is 0 Å². The third-order valence-electron chi connectivity index (χ3n) is 3.44. The highest BCUT2D eigenvalue weighted by atomic mass is 16.3. The Hall–Kier alpha value is -0.860. The second-order valence-electron chi connectivity index (χ2n) is 4.93. The zero-order valence-corrected chi connectivity index (χ0v) is 11.3. The Morgan fingerprint density at radius 2 is 1.41 bits per heavy atom. The lowest BCUT2D eigenvalue weighted by Crippen LogP contribution is -2.27. The molecule has 2 N–H and O–H groups in total. The summed E-state index contributed by atoms with van der Waals surface area (Å²) in [7, 11) is 0. The van der Waals surface area contributed by atoms with Gasteiger partial charge in [-0.2, -0.15) is 0 Å². The van der Waals surface area contributed by atoms with E-state index in [1.54, 1.807) is 0 Å². The molecule has 0 amide bonds. The molecule has 17 heavy (non-hydrogen) atoms. The third-order valence-corrected chi connectivity index (χ3v) is 3.44. The molecule has 1 rings (SSSR count). The standard InChI is InChI=1S/C15H24O2/c1-5-12(6-2)14(16)15(17)13-8-10(3)7-11(4)9-13/h7-9,12,14-17H,5-6H2,1-4H3. The first kappa shape index (κ1) is 14.2. The van der Waals surface area contributed by atoms with Crippen LogP contribution in [-0.4, -0.2) is 16.3 Å². The largest absolute Gasteiger partial charge is 0.390 e. The Kier molecular flexibility index (Phi) is 5.16. The lowest BCUT2D eigenvalue weighted by Gasteiger charge is -2.25. The van der Waals surface area contributed by atoms with Crippen molar-refractivity contribution in [2.24, 2.45) is 5.92 Å². The Labute approximate surface area is 104 Å². The Morgan fingerprint density at radius 1 is 0.941 bits per heavy atom. The van der Waals surface area contributed by atoms with Gasteiger partial charge in [-0.25, -0.2) is 0 Å². The Morgan fingerprint density at radius 3 is 1.82 bits per heavy atom. The van der Waals surface area contributed by atoms with E-state index in [9.17, 15) is 10.2 Å². The molecule has 0 bridgehead atoms. The summed E-state index contributed by atoms with van der Waals surface area (Å²) < 4.78 is 0. The second kappa shape index (κ2) is 6.18. The highest BCUT2D eigenvalue weighted by Gasteiger charge is 2.25. The summed E-state index contributed by atoms with van der Waals surface area (Å²) in [4.78, 5) is 0. The molecule has 0 aromatic heterocycles. The molecule has 0 saturated carbocycles. The van der Waals surface area contributed by atoms with Crippen molar-refractivity contribution in [3.8, 4) is 0 Å². The predicted molar refractivity (Wildman–Crippen MR) is 71.0 cm³/mol. The predicted octanol–water partition coefficient (Wildman–Crippen LogP) is 3.13. The van der Waals surface area contributed by atoms with Crippen LogP contribution in [0.4, 0.5) is 0 Å². The van der Waals surface area contributed by atoms with Gasteiger partial charge in [0.2, 0.25) is 0 Å². The maximum Gasteiger partial charge on any atom is 0.105 e. The summed E-state index contributed by atoms with van der Waals surface area (Å²) in [6.45, 7) is 8.11. The number of benzene rings is 1. The molecule has 2 nitrogen and oxygen atoms in total. The van der Waals surface area contributed by atoms with Crippen LogP contribution in [0.25, 0.3) is 0 Å². The maximum absolute atomic E-state index is 10.2. The molecule has 0 saturated heterocycles. The minimum Gasteiger partial charge on any atom is -0.390 e. The molecule has 0 fully saturated rings. The maximum atomic E-state index is 10.2. The first-order valence-corrected chi connectivity index (χ1v) is 6.43. The van der Waals surface area contributed by atoms with Gasteiger partial charge in [0.25, 0.3) is 0 Å². The average Bonchev–Trinajstić information content (AvgIpc) is 2.28. The van der Waals surface area contributed by atoms with Crippen molar-refractivity contribution < 1.29 is 10.2 Å². The molecule has 0 radical (unpaired) electrons. The van der Waals surface area contributed by atoms with Gasteiger partial charge in [0.05, 0.1) is 6.10 Å². The molecule has 2 atom stereocenters. The topological polar surface area (TPSA) is 40.5 Å². The van der Waals surface area contributed by atoms with Gasteiger partial charge in [-0.1, -0.05) is 56.0 Å². The van der Waals surface area contributed by atoms with Crippen LogP contribution >= 0.6 is 0 Å². The summed E-state index contributed by atoms with van der Waals surface area (Å²) in [6.07, 6.45) is 0.323. The van der Waals surface area contributed by atoms with E-state index in [-0.39, 0.29) is 5.92 Å². The summed E-state index contributed by atoms with van der Waals surface area (Å²) in [5.41, 5.74) is 3.06. The third kappa shape index (κ3) is 3.55. The zero-order chi connectivity index (χ0) is 13.0. The highest BCUT2D eigenvalue weighted by molar-refractivity contribution is 5.30. The molecule has 2 heteroatoms. The van der Waals surface area contributed by atoms with Gasteiger partial charge in [-0.3, -0.25) is 0 Å². The van der Waals surface area contributed by atoms with E-state index >= 15 is 0 Å². The van der Waals surface area contributed by atoms with Crippen LogP contribution in [-0.2, 0) is 0 Å². The van der Waals surface area contributed by atoms with Crippen molar-refractivity contribution >= 4 is 0 Å². The minimum atomic E-state index is -0.779. The number of hydrogen-bond acceptors (Lipinski definition) is 2. The number of aryl methyl sites for hydroxylation is 2. The van der Waals surface area contributed by atoms with Gasteiger partial charge >= 0.3 is 0 Å². The van der Waals surface area contributed by atoms with E-state index in [1.807, 2.05) is 39.8 Å². The molecule has 0 aliphatic heterocycles. The van der Waals surface area contributed by atoms with Crippen LogP contribution in [0.15, 0.2) is 18.2 Å². The van der Waals surface area contributed by atoms with Crippen molar-refractivity contribution in [2.75, 3.05) is 0 Å². The van der Waals surface area contributed by atoms with Crippen LogP contribution < -0.4 is 0 Å². The SMILES string of the molecule is CCC(CC)C(O)C(O)c1cc(C)cc(C)c1. The lowest BCUT2D eigenvalue weighted by molar-refractivity contribution is -0.0210. The van der Waals surface area contributed by atoms with Crippen LogP contribution in [0.3, 0.4) is 0 Å². The van der Waals surface area contributed by atoms with Crippen LogP contribution in [0.1, 0.15) is 49.5 Å².